The third-order valence-electron chi connectivity index (χ3n) is 3.31. The predicted octanol–water partition coefficient (Wildman–Crippen LogP) is 2.84. The van der Waals surface area contributed by atoms with E-state index in [0.717, 1.165) is 23.4 Å². The Morgan fingerprint density at radius 3 is 2.78 bits per heavy atom. The van der Waals surface area contributed by atoms with Crippen molar-refractivity contribution < 1.29 is 4.79 Å². The molecule has 2 aromatic rings. The molecule has 0 atom stereocenters. The highest BCUT2D eigenvalue weighted by Gasteiger charge is 2.13. The summed E-state index contributed by atoms with van der Waals surface area (Å²) in [5.41, 5.74) is 4.41. The summed E-state index contributed by atoms with van der Waals surface area (Å²) in [4.78, 5) is 12.0. The highest BCUT2D eigenvalue weighted by Crippen LogP contribution is 2.15. The fourth-order valence-electron chi connectivity index (χ4n) is 2.08. The number of Topliss-reactive ketones (excluding diaryl/α,β-unsaturated/α-hetero) is 1. The van der Waals surface area contributed by atoms with E-state index in [4.69, 9.17) is 0 Å². The Balaban J connectivity index is 1.95. The Bertz CT molecular complexity index is 540. The second kappa shape index (κ2) is 5.48. The Morgan fingerprint density at radius 1 is 1.44 bits per heavy atom. The van der Waals surface area contributed by atoms with E-state index in [2.05, 4.69) is 21.9 Å². The first kappa shape index (κ1) is 13.0. The van der Waals surface area contributed by atoms with Crippen molar-refractivity contribution in [2.75, 3.05) is 0 Å². The number of thiophene rings is 1. The Morgan fingerprint density at radius 2 is 2.22 bits per heavy atom. The minimum absolute atomic E-state index is 0.292. The van der Waals surface area contributed by atoms with Crippen molar-refractivity contribution in [3.63, 3.8) is 0 Å². The molecule has 4 heteroatoms. The minimum atomic E-state index is 0.292. The van der Waals surface area contributed by atoms with E-state index >= 15 is 0 Å². The summed E-state index contributed by atoms with van der Waals surface area (Å²) in [5.74, 6) is 0.292. The fourth-order valence-corrected chi connectivity index (χ4v) is 2.78. The van der Waals surface area contributed by atoms with Gasteiger partial charge in [0.1, 0.15) is 5.78 Å². The number of carbonyl (C=O) groups is 1. The van der Waals surface area contributed by atoms with Crippen LogP contribution in [0, 0.1) is 13.8 Å². The second-order valence-corrected chi connectivity index (χ2v) is 5.40. The highest BCUT2D eigenvalue weighted by molar-refractivity contribution is 7.07. The molecule has 0 aliphatic rings. The molecule has 0 radical (unpaired) electrons. The van der Waals surface area contributed by atoms with Crippen LogP contribution in [0.4, 0.5) is 0 Å². The van der Waals surface area contributed by atoms with E-state index < -0.39 is 0 Å². The van der Waals surface area contributed by atoms with Crippen molar-refractivity contribution in [3.8, 4) is 0 Å². The van der Waals surface area contributed by atoms with Gasteiger partial charge in [0.05, 0.1) is 5.69 Å². The van der Waals surface area contributed by atoms with Crippen LogP contribution in [0.25, 0.3) is 0 Å². The van der Waals surface area contributed by atoms with E-state index in [1.54, 1.807) is 11.3 Å². The van der Waals surface area contributed by atoms with Gasteiger partial charge in [-0.1, -0.05) is 0 Å². The molecule has 0 saturated heterocycles. The van der Waals surface area contributed by atoms with E-state index in [-0.39, 0.29) is 0 Å². The largest absolute Gasteiger partial charge is 0.299 e. The van der Waals surface area contributed by atoms with Crippen LogP contribution in [-0.4, -0.2) is 15.6 Å². The maximum atomic E-state index is 12.0. The molecule has 0 amide bonds. The lowest BCUT2D eigenvalue weighted by Gasteiger charge is -2.01. The summed E-state index contributed by atoms with van der Waals surface area (Å²) in [6.45, 7) is 3.98. The van der Waals surface area contributed by atoms with Gasteiger partial charge in [0.25, 0.3) is 0 Å². The zero-order valence-electron chi connectivity index (χ0n) is 11.1. The lowest BCUT2D eigenvalue weighted by atomic mass is 10.0. The molecule has 0 N–H and O–H groups in total. The molecule has 0 unspecified atom stereocenters. The third kappa shape index (κ3) is 2.88. The lowest BCUT2D eigenvalue weighted by Crippen LogP contribution is -2.06. The highest BCUT2D eigenvalue weighted by atomic mass is 32.1. The van der Waals surface area contributed by atoms with Crippen LogP contribution in [0.5, 0.6) is 0 Å². The van der Waals surface area contributed by atoms with Gasteiger partial charge in [-0.05, 0) is 42.7 Å². The maximum Gasteiger partial charge on any atom is 0.137 e. The summed E-state index contributed by atoms with van der Waals surface area (Å²) in [6, 6.07) is 2.08. The number of aryl methyl sites for hydroxylation is 3. The normalized spacial score (nSPS) is 10.8. The molecule has 2 heterocycles. The molecule has 0 fully saturated rings. The summed E-state index contributed by atoms with van der Waals surface area (Å²) in [6.07, 6.45) is 1.97. The van der Waals surface area contributed by atoms with Crippen LogP contribution < -0.4 is 0 Å². The molecule has 0 aromatic carbocycles. The van der Waals surface area contributed by atoms with Gasteiger partial charge in [0.15, 0.2) is 0 Å². The topological polar surface area (TPSA) is 34.9 Å². The zero-order chi connectivity index (χ0) is 13.1. The molecular weight excluding hydrogens is 244 g/mol. The van der Waals surface area contributed by atoms with Crippen molar-refractivity contribution in [1.82, 2.24) is 9.78 Å². The molecule has 3 nitrogen and oxygen atoms in total. The summed E-state index contributed by atoms with van der Waals surface area (Å²) in [7, 11) is 1.92. The second-order valence-electron chi connectivity index (χ2n) is 4.62. The molecule has 0 spiro atoms. The standard InChI is InChI=1S/C14H18N2OS/c1-10-14(11(2)16(3)15-10)8-13(17)5-4-12-6-7-18-9-12/h6-7,9H,4-5,8H2,1-3H3. The number of nitrogens with zero attached hydrogens (tertiary/aromatic N) is 2. The van der Waals surface area contributed by atoms with E-state index in [1.165, 1.54) is 5.56 Å². The number of ketones is 1. The predicted molar refractivity (Wildman–Crippen MR) is 74.0 cm³/mol. The van der Waals surface area contributed by atoms with Crippen LogP contribution >= 0.6 is 11.3 Å². The number of aromatic nitrogens is 2. The molecule has 0 aliphatic heterocycles. The summed E-state index contributed by atoms with van der Waals surface area (Å²) in [5, 5.41) is 8.50. The van der Waals surface area contributed by atoms with E-state index in [0.29, 0.717) is 18.6 Å². The van der Waals surface area contributed by atoms with Gasteiger partial charge >= 0.3 is 0 Å². The van der Waals surface area contributed by atoms with Crippen molar-refractivity contribution in [3.05, 3.63) is 39.3 Å². The van der Waals surface area contributed by atoms with Gasteiger partial charge in [0.2, 0.25) is 0 Å². The molecule has 0 bridgehead atoms. The Hall–Kier alpha value is -1.42. The van der Waals surface area contributed by atoms with Crippen LogP contribution in [0.2, 0.25) is 0 Å². The van der Waals surface area contributed by atoms with Crippen molar-refractivity contribution in [2.24, 2.45) is 7.05 Å². The summed E-state index contributed by atoms with van der Waals surface area (Å²) >= 11 is 1.68. The van der Waals surface area contributed by atoms with Crippen molar-refractivity contribution in [2.45, 2.75) is 33.1 Å². The molecule has 2 aromatic heterocycles. The first-order valence-corrected chi connectivity index (χ1v) is 7.04. The van der Waals surface area contributed by atoms with Crippen molar-refractivity contribution in [1.29, 1.82) is 0 Å². The number of hydrogen-bond acceptors (Lipinski definition) is 3. The molecule has 0 aliphatic carbocycles. The van der Waals surface area contributed by atoms with E-state index in [9.17, 15) is 4.79 Å². The first-order chi connectivity index (χ1) is 8.58. The Kier molecular flexibility index (Phi) is 3.97. The summed E-state index contributed by atoms with van der Waals surface area (Å²) < 4.78 is 1.84. The van der Waals surface area contributed by atoms with Gasteiger partial charge < -0.3 is 0 Å². The molecule has 96 valence electrons. The molecule has 0 saturated carbocycles. The average Bonchev–Trinajstić information content (AvgIpc) is 2.92. The van der Waals surface area contributed by atoms with Crippen molar-refractivity contribution >= 4 is 17.1 Å². The molecule has 2 rings (SSSR count). The SMILES string of the molecule is Cc1nn(C)c(C)c1CC(=O)CCc1ccsc1. The molecule has 18 heavy (non-hydrogen) atoms. The van der Waals surface area contributed by atoms with Crippen LogP contribution in [-0.2, 0) is 24.7 Å². The van der Waals surface area contributed by atoms with E-state index in [1.807, 2.05) is 25.6 Å². The fraction of sp³-hybridized carbons (Fsp3) is 0.429. The third-order valence-corrected chi connectivity index (χ3v) is 4.04. The number of hydrogen-bond donors (Lipinski definition) is 0. The van der Waals surface area contributed by atoms with Gasteiger partial charge in [0, 0.05) is 31.1 Å². The number of rotatable bonds is 5. The quantitative estimate of drug-likeness (QED) is 0.830. The zero-order valence-corrected chi connectivity index (χ0v) is 11.9. The smallest absolute Gasteiger partial charge is 0.137 e. The number of carbonyl (C=O) groups excluding carboxylic acids is 1. The molecular formula is C14H18N2OS. The Labute approximate surface area is 111 Å². The lowest BCUT2D eigenvalue weighted by molar-refractivity contribution is -0.118. The van der Waals surface area contributed by atoms with Gasteiger partial charge in [-0.15, -0.1) is 0 Å². The maximum absolute atomic E-state index is 12.0. The average molecular weight is 262 g/mol. The van der Waals surface area contributed by atoms with Gasteiger partial charge in [-0.2, -0.15) is 16.4 Å². The van der Waals surface area contributed by atoms with Gasteiger partial charge in [-0.25, -0.2) is 0 Å². The first-order valence-electron chi connectivity index (χ1n) is 6.09. The minimum Gasteiger partial charge on any atom is -0.299 e. The monoisotopic (exact) mass is 262 g/mol. The van der Waals surface area contributed by atoms with Crippen LogP contribution in [0.1, 0.15) is 28.9 Å². The van der Waals surface area contributed by atoms with Crippen LogP contribution in [0.15, 0.2) is 16.8 Å². The van der Waals surface area contributed by atoms with Crippen LogP contribution in [0.3, 0.4) is 0 Å². The van der Waals surface area contributed by atoms with Gasteiger partial charge in [-0.3, -0.25) is 9.48 Å².